The molecule has 2 saturated heterocycles. The molecule has 162 valence electrons. The van der Waals surface area contributed by atoms with Crippen LogP contribution in [-0.4, -0.2) is 42.8 Å². The van der Waals surface area contributed by atoms with Crippen LogP contribution in [0.5, 0.6) is 0 Å². The summed E-state index contributed by atoms with van der Waals surface area (Å²) in [6, 6.07) is 9.06. The third-order valence-electron chi connectivity index (χ3n) is 7.20. The van der Waals surface area contributed by atoms with Gasteiger partial charge in [0.1, 0.15) is 6.10 Å². The van der Waals surface area contributed by atoms with Crippen molar-refractivity contribution >= 4 is 5.97 Å². The zero-order valence-corrected chi connectivity index (χ0v) is 18.7. The van der Waals surface area contributed by atoms with Gasteiger partial charge in [0.15, 0.2) is 12.4 Å². The van der Waals surface area contributed by atoms with Gasteiger partial charge in [-0.2, -0.15) is 0 Å². The summed E-state index contributed by atoms with van der Waals surface area (Å²) < 4.78 is 24.8. The highest BCUT2D eigenvalue weighted by Gasteiger charge is 2.47. The van der Waals surface area contributed by atoms with E-state index in [0.717, 1.165) is 0 Å². The number of hydrogen-bond donors (Lipinski definition) is 0. The molecule has 0 saturated carbocycles. The van der Waals surface area contributed by atoms with Crippen LogP contribution in [0.3, 0.4) is 0 Å². The molecule has 3 rings (SSSR count). The molecule has 2 fully saturated rings. The van der Waals surface area contributed by atoms with E-state index >= 15 is 0 Å². The fourth-order valence-corrected chi connectivity index (χ4v) is 4.43. The maximum absolute atomic E-state index is 12.7. The van der Waals surface area contributed by atoms with Gasteiger partial charge in [0.25, 0.3) is 0 Å². The number of hydrogen-bond acceptors (Lipinski definition) is 5. The van der Waals surface area contributed by atoms with E-state index in [2.05, 4.69) is 34.6 Å². The van der Waals surface area contributed by atoms with Crippen molar-refractivity contribution in [3.63, 3.8) is 0 Å². The quantitative estimate of drug-likeness (QED) is 0.681. The third-order valence-corrected chi connectivity index (χ3v) is 7.20. The SMILES string of the molecule is CC1C(C)[C@H](C)C(C)O[C@H]1OC1C(C)[C@H](C)OC(C)[C@H]1OC(=O)c1ccccc1. The number of benzene rings is 1. The lowest BCUT2D eigenvalue weighted by molar-refractivity contribution is -0.300. The van der Waals surface area contributed by atoms with Gasteiger partial charge in [0.2, 0.25) is 0 Å². The van der Waals surface area contributed by atoms with Crippen LogP contribution in [0.25, 0.3) is 0 Å². The predicted octanol–water partition coefficient (Wildman–Crippen LogP) is 4.69. The summed E-state index contributed by atoms with van der Waals surface area (Å²) >= 11 is 0. The molecule has 10 atom stereocenters. The van der Waals surface area contributed by atoms with Gasteiger partial charge in [-0.25, -0.2) is 4.79 Å². The summed E-state index contributed by atoms with van der Waals surface area (Å²) in [6.07, 6.45) is -1.22. The topological polar surface area (TPSA) is 54.0 Å². The molecule has 6 unspecified atom stereocenters. The van der Waals surface area contributed by atoms with Crippen LogP contribution in [0.1, 0.15) is 58.8 Å². The molecule has 29 heavy (non-hydrogen) atoms. The first-order valence-electron chi connectivity index (χ1n) is 10.9. The summed E-state index contributed by atoms with van der Waals surface area (Å²) in [5, 5.41) is 0. The monoisotopic (exact) mass is 404 g/mol. The van der Waals surface area contributed by atoms with Gasteiger partial charge in [0.05, 0.1) is 23.9 Å². The molecule has 1 aromatic carbocycles. The molecule has 2 aliphatic rings. The Morgan fingerprint density at radius 3 is 2.00 bits per heavy atom. The molecule has 2 aliphatic heterocycles. The molecule has 0 radical (unpaired) electrons. The maximum Gasteiger partial charge on any atom is 0.338 e. The Morgan fingerprint density at radius 2 is 1.34 bits per heavy atom. The highest BCUT2D eigenvalue weighted by atomic mass is 16.7. The normalized spacial score (nSPS) is 43.0. The molecule has 1 aromatic rings. The second-order valence-electron chi connectivity index (χ2n) is 9.03. The van der Waals surface area contributed by atoms with Gasteiger partial charge in [-0.05, 0) is 44.7 Å². The lowest BCUT2D eigenvalue weighted by atomic mass is 9.79. The largest absolute Gasteiger partial charge is 0.453 e. The van der Waals surface area contributed by atoms with E-state index in [1.807, 2.05) is 32.0 Å². The zero-order valence-electron chi connectivity index (χ0n) is 18.7. The van der Waals surface area contributed by atoms with Crippen LogP contribution in [-0.2, 0) is 18.9 Å². The number of ether oxygens (including phenoxy) is 4. The van der Waals surface area contributed by atoms with Crippen LogP contribution >= 0.6 is 0 Å². The number of carbonyl (C=O) groups excluding carboxylic acids is 1. The minimum absolute atomic E-state index is 0.00865. The van der Waals surface area contributed by atoms with Crippen molar-refractivity contribution in [1.82, 2.24) is 0 Å². The zero-order chi connectivity index (χ0) is 21.3. The standard InChI is InChI=1S/C24H36O5/c1-13-14(2)17(5)27-24(15(13)3)29-21-16(4)18(6)26-19(7)22(21)28-23(25)20-11-9-8-10-12-20/h8-19,21-22,24H,1-7H3/t13?,14-,15?,16?,17?,18-,19?,21?,22+,24-/m0/s1. The summed E-state index contributed by atoms with van der Waals surface area (Å²) in [4.78, 5) is 12.7. The van der Waals surface area contributed by atoms with Gasteiger partial charge in [0, 0.05) is 11.8 Å². The summed E-state index contributed by atoms with van der Waals surface area (Å²) in [5.74, 6) is 0.933. The fraction of sp³-hybridized carbons (Fsp3) is 0.708. The molecule has 0 N–H and O–H groups in total. The molecule has 0 amide bonds. The lowest BCUT2D eigenvalue weighted by Gasteiger charge is -2.48. The second-order valence-corrected chi connectivity index (χ2v) is 9.03. The van der Waals surface area contributed by atoms with E-state index in [4.69, 9.17) is 18.9 Å². The Bertz CT molecular complexity index is 677. The molecule has 2 heterocycles. The van der Waals surface area contributed by atoms with Crippen molar-refractivity contribution in [2.75, 3.05) is 0 Å². The average Bonchev–Trinajstić information content (AvgIpc) is 2.71. The highest BCUT2D eigenvalue weighted by molar-refractivity contribution is 5.89. The minimum atomic E-state index is -0.491. The Morgan fingerprint density at radius 1 is 0.724 bits per heavy atom. The Balaban J connectivity index is 1.79. The van der Waals surface area contributed by atoms with Crippen molar-refractivity contribution in [3.05, 3.63) is 35.9 Å². The second kappa shape index (κ2) is 9.15. The summed E-state index contributed by atoms with van der Waals surface area (Å²) in [7, 11) is 0. The molecular formula is C24H36O5. The van der Waals surface area contributed by atoms with Crippen molar-refractivity contribution in [2.45, 2.75) is 85.3 Å². The van der Waals surface area contributed by atoms with E-state index in [1.54, 1.807) is 12.1 Å². The molecular weight excluding hydrogens is 368 g/mol. The van der Waals surface area contributed by atoms with E-state index in [9.17, 15) is 4.79 Å². The van der Waals surface area contributed by atoms with Gasteiger partial charge in [-0.3, -0.25) is 0 Å². The molecule has 0 aromatic heterocycles. The van der Waals surface area contributed by atoms with Crippen LogP contribution in [0.4, 0.5) is 0 Å². The maximum atomic E-state index is 12.7. The van der Waals surface area contributed by atoms with Crippen LogP contribution < -0.4 is 0 Å². The fourth-order valence-electron chi connectivity index (χ4n) is 4.43. The third kappa shape index (κ3) is 4.68. The summed E-state index contributed by atoms with van der Waals surface area (Å²) in [5.41, 5.74) is 0.531. The molecule has 0 bridgehead atoms. The van der Waals surface area contributed by atoms with E-state index in [-0.39, 0.29) is 48.5 Å². The van der Waals surface area contributed by atoms with E-state index in [1.165, 1.54) is 0 Å². The van der Waals surface area contributed by atoms with Gasteiger partial charge < -0.3 is 18.9 Å². The Kier molecular flexibility index (Phi) is 7.02. The molecule has 0 spiro atoms. The van der Waals surface area contributed by atoms with Gasteiger partial charge >= 0.3 is 5.97 Å². The van der Waals surface area contributed by atoms with Crippen molar-refractivity contribution < 1.29 is 23.7 Å². The van der Waals surface area contributed by atoms with E-state index in [0.29, 0.717) is 17.4 Å². The number of esters is 1. The predicted molar refractivity (Wildman–Crippen MR) is 112 cm³/mol. The van der Waals surface area contributed by atoms with Crippen LogP contribution in [0, 0.1) is 23.7 Å². The van der Waals surface area contributed by atoms with Crippen LogP contribution in [0.15, 0.2) is 30.3 Å². The Hall–Kier alpha value is -1.43. The van der Waals surface area contributed by atoms with E-state index < -0.39 is 6.10 Å². The average molecular weight is 405 g/mol. The van der Waals surface area contributed by atoms with Crippen LogP contribution in [0.2, 0.25) is 0 Å². The highest BCUT2D eigenvalue weighted by Crippen LogP contribution is 2.38. The summed E-state index contributed by atoms with van der Waals surface area (Å²) in [6.45, 7) is 14.9. The minimum Gasteiger partial charge on any atom is -0.453 e. The first-order valence-corrected chi connectivity index (χ1v) is 10.9. The van der Waals surface area contributed by atoms with Crippen molar-refractivity contribution in [2.24, 2.45) is 23.7 Å². The van der Waals surface area contributed by atoms with Crippen molar-refractivity contribution in [3.8, 4) is 0 Å². The van der Waals surface area contributed by atoms with Gasteiger partial charge in [-0.15, -0.1) is 0 Å². The van der Waals surface area contributed by atoms with Crippen molar-refractivity contribution in [1.29, 1.82) is 0 Å². The lowest BCUT2D eigenvalue weighted by Crippen LogP contribution is -2.57. The first-order chi connectivity index (χ1) is 13.7. The number of carbonyl (C=O) groups is 1. The Labute approximate surface area is 175 Å². The first kappa shape index (κ1) is 22.3. The smallest absolute Gasteiger partial charge is 0.338 e. The molecule has 5 nitrogen and oxygen atoms in total. The number of rotatable bonds is 4. The molecule has 0 aliphatic carbocycles. The molecule has 5 heteroatoms. The van der Waals surface area contributed by atoms with Gasteiger partial charge in [-0.1, -0.05) is 45.9 Å².